The Morgan fingerprint density at radius 2 is 1.95 bits per heavy atom. The summed E-state index contributed by atoms with van der Waals surface area (Å²) in [6, 6.07) is 4.62. The minimum absolute atomic E-state index is 0.0167. The third kappa shape index (κ3) is 2.55. The van der Waals surface area contributed by atoms with E-state index in [1.54, 1.807) is 31.2 Å². The smallest absolute Gasteiger partial charge is 0.343 e. The highest BCUT2D eigenvalue weighted by molar-refractivity contribution is 5.83. The molecule has 1 atom stereocenters. The van der Waals surface area contributed by atoms with Gasteiger partial charge in [0.05, 0.1) is 17.8 Å². The molecule has 0 saturated carbocycles. The minimum Gasteiger partial charge on any atom is -0.507 e. The quantitative estimate of drug-likeness (QED) is 0.744. The lowest BCUT2D eigenvalue weighted by Gasteiger charge is -2.12. The third-order valence-corrected chi connectivity index (χ3v) is 3.40. The molecule has 3 rings (SSSR count). The van der Waals surface area contributed by atoms with E-state index in [4.69, 9.17) is 11.3 Å². The molecular formula is C18H16O3. The van der Waals surface area contributed by atoms with Crippen molar-refractivity contribution in [2.45, 2.75) is 19.3 Å². The van der Waals surface area contributed by atoms with Crippen molar-refractivity contribution in [1.29, 1.82) is 0 Å². The van der Waals surface area contributed by atoms with Crippen LogP contribution in [0.1, 0.15) is 30.8 Å². The van der Waals surface area contributed by atoms with E-state index >= 15 is 0 Å². The van der Waals surface area contributed by atoms with E-state index in [1.165, 1.54) is 0 Å². The van der Waals surface area contributed by atoms with Crippen LogP contribution in [-0.2, 0) is 6.42 Å². The lowest BCUT2D eigenvalue weighted by atomic mass is 9.93. The average Bonchev–Trinajstić information content (AvgIpc) is 2.62. The second kappa shape index (κ2) is 5.44. The van der Waals surface area contributed by atoms with Crippen LogP contribution >= 0.6 is 0 Å². The normalized spacial score (nSPS) is 15.8. The van der Waals surface area contributed by atoms with Gasteiger partial charge in [0.2, 0.25) is 0 Å². The van der Waals surface area contributed by atoms with Gasteiger partial charge in [0, 0.05) is 0 Å². The summed E-state index contributed by atoms with van der Waals surface area (Å²) in [5, 5.41) is 10.8. The molecule has 0 radical (unpaired) electrons. The third-order valence-electron chi connectivity index (χ3n) is 3.40. The number of benzene rings is 2. The van der Waals surface area contributed by atoms with Gasteiger partial charge in [-0.3, -0.25) is 0 Å². The first-order chi connectivity index (χ1) is 12.2. The van der Waals surface area contributed by atoms with E-state index in [0.29, 0.717) is 5.39 Å². The molecule has 1 aromatic heterocycles. The molecule has 3 nitrogen and oxygen atoms in total. The molecule has 0 spiro atoms. The van der Waals surface area contributed by atoms with Gasteiger partial charge in [-0.25, -0.2) is 4.79 Å². The van der Waals surface area contributed by atoms with Gasteiger partial charge in [-0.2, -0.15) is 0 Å². The number of para-hydroxylation sites is 1. The molecule has 0 bridgehead atoms. The summed E-state index contributed by atoms with van der Waals surface area (Å²) in [5.74, 6) is -0.810. The first-order valence-corrected chi connectivity index (χ1v) is 6.54. The molecule has 0 aliphatic carbocycles. The molecule has 1 heterocycles. The van der Waals surface area contributed by atoms with Gasteiger partial charge in [-0.15, -0.1) is 0 Å². The van der Waals surface area contributed by atoms with Gasteiger partial charge >= 0.3 is 5.63 Å². The predicted octanol–water partition coefficient (Wildman–Crippen LogP) is 3.84. The Hall–Kier alpha value is -2.55. The molecule has 3 aromatic rings. The molecule has 0 aliphatic rings. The summed E-state index contributed by atoms with van der Waals surface area (Å²) in [4.78, 5) is 12.3. The Morgan fingerprint density at radius 3 is 2.71 bits per heavy atom. The van der Waals surface area contributed by atoms with Crippen molar-refractivity contribution in [1.82, 2.24) is 0 Å². The first-order valence-electron chi connectivity index (χ1n) is 9.04. The SMILES string of the molecule is [2H]c1c([2H])c([2H])c(C(C)Cc2c(O)c3ccccc3oc2=O)c([2H])c1[2H]. The van der Waals surface area contributed by atoms with Crippen molar-refractivity contribution in [2.24, 2.45) is 0 Å². The van der Waals surface area contributed by atoms with Crippen molar-refractivity contribution in [3.63, 3.8) is 0 Å². The zero-order valence-electron chi connectivity index (χ0n) is 16.4. The fraction of sp³-hybridized carbons (Fsp3) is 0.167. The monoisotopic (exact) mass is 285 g/mol. The zero-order chi connectivity index (χ0) is 19.2. The van der Waals surface area contributed by atoms with Crippen LogP contribution in [0.5, 0.6) is 5.75 Å². The molecular weight excluding hydrogens is 264 g/mol. The number of fused-ring (bicyclic) bond motifs is 1. The summed E-state index contributed by atoms with van der Waals surface area (Å²) in [6.45, 7) is 1.64. The summed E-state index contributed by atoms with van der Waals surface area (Å²) in [5.41, 5.74) is -0.333. The highest BCUT2D eigenvalue weighted by Gasteiger charge is 2.17. The van der Waals surface area contributed by atoms with Gasteiger partial charge in [-0.05, 0) is 30.0 Å². The topological polar surface area (TPSA) is 50.4 Å². The maximum atomic E-state index is 12.3. The lowest BCUT2D eigenvalue weighted by Crippen LogP contribution is -2.11. The Kier molecular flexibility index (Phi) is 2.25. The summed E-state index contributed by atoms with van der Waals surface area (Å²) < 4.78 is 44.5. The highest BCUT2D eigenvalue weighted by Crippen LogP contribution is 2.29. The molecule has 1 N–H and O–H groups in total. The largest absolute Gasteiger partial charge is 0.507 e. The van der Waals surface area contributed by atoms with E-state index < -0.39 is 29.7 Å². The van der Waals surface area contributed by atoms with E-state index in [-0.39, 0.29) is 41.0 Å². The summed E-state index contributed by atoms with van der Waals surface area (Å²) >= 11 is 0. The van der Waals surface area contributed by atoms with E-state index in [9.17, 15) is 9.90 Å². The van der Waals surface area contributed by atoms with Crippen molar-refractivity contribution < 1.29 is 16.4 Å². The molecule has 0 aliphatic heterocycles. The van der Waals surface area contributed by atoms with Gasteiger partial charge in [0.1, 0.15) is 11.3 Å². The number of hydrogen-bond acceptors (Lipinski definition) is 3. The first kappa shape index (κ1) is 8.67. The molecule has 106 valence electrons. The molecule has 3 heteroatoms. The average molecular weight is 285 g/mol. The van der Waals surface area contributed by atoms with Crippen LogP contribution in [0.2, 0.25) is 0 Å². The fourth-order valence-corrected chi connectivity index (χ4v) is 2.27. The standard InChI is InChI=1S/C18H16O3/c1-12(13-7-3-2-4-8-13)11-15-17(19)14-9-5-6-10-16(14)21-18(15)20/h2-10,12,19H,11H2,1H3/i2D,3D,4D,7D,8D. The highest BCUT2D eigenvalue weighted by atomic mass is 16.4. The van der Waals surface area contributed by atoms with Gasteiger partial charge in [-0.1, -0.05) is 49.3 Å². The van der Waals surface area contributed by atoms with E-state index in [2.05, 4.69) is 0 Å². The van der Waals surface area contributed by atoms with Gasteiger partial charge < -0.3 is 9.52 Å². The molecule has 1 unspecified atom stereocenters. The second-order valence-corrected chi connectivity index (χ2v) is 4.86. The summed E-state index contributed by atoms with van der Waals surface area (Å²) in [6.07, 6.45) is -0.0208. The minimum atomic E-state index is -0.708. The Bertz CT molecular complexity index is 1050. The van der Waals surface area contributed by atoms with Crippen LogP contribution in [0.15, 0.2) is 63.7 Å². The van der Waals surface area contributed by atoms with Crippen molar-refractivity contribution in [3.05, 3.63) is 76.0 Å². The second-order valence-electron chi connectivity index (χ2n) is 4.86. The van der Waals surface area contributed by atoms with Crippen LogP contribution in [0.3, 0.4) is 0 Å². The van der Waals surface area contributed by atoms with Crippen LogP contribution < -0.4 is 5.63 Å². The van der Waals surface area contributed by atoms with Crippen molar-refractivity contribution in [3.8, 4) is 5.75 Å². The van der Waals surface area contributed by atoms with Crippen LogP contribution in [0.4, 0.5) is 0 Å². The van der Waals surface area contributed by atoms with Crippen LogP contribution in [0.25, 0.3) is 11.0 Å². The van der Waals surface area contributed by atoms with Crippen molar-refractivity contribution >= 4 is 11.0 Å². The molecule has 0 fully saturated rings. The maximum Gasteiger partial charge on any atom is 0.343 e. The van der Waals surface area contributed by atoms with Gasteiger partial charge in [0.25, 0.3) is 0 Å². The molecule has 2 aromatic carbocycles. The van der Waals surface area contributed by atoms with Crippen molar-refractivity contribution in [2.75, 3.05) is 0 Å². The predicted molar refractivity (Wildman–Crippen MR) is 82.7 cm³/mol. The van der Waals surface area contributed by atoms with E-state index in [0.717, 1.165) is 0 Å². The Morgan fingerprint density at radius 1 is 1.24 bits per heavy atom. The van der Waals surface area contributed by atoms with E-state index in [1.807, 2.05) is 0 Å². The fourth-order valence-electron chi connectivity index (χ4n) is 2.27. The molecule has 0 amide bonds. The summed E-state index contributed by atoms with van der Waals surface area (Å²) in [7, 11) is 0. The Labute approximate surface area is 129 Å². The zero-order valence-corrected chi connectivity index (χ0v) is 11.4. The molecule has 0 saturated heterocycles. The van der Waals surface area contributed by atoms with Gasteiger partial charge in [0.15, 0.2) is 0 Å². The lowest BCUT2D eigenvalue weighted by molar-refractivity contribution is 0.453. The number of rotatable bonds is 3. The number of aromatic hydroxyl groups is 1. The number of hydrogen-bond donors (Lipinski definition) is 1. The van der Waals surface area contributed by atoms with Crippen LogP contribution in [-0.4, -0.2) is 5.11 Å². The molecule has 21 heavy (non-hydrogen) atoms. The maximum absolute atomic E-state index is 12.3. The van der Waals surface area contributed by atoms with Crippen LogP contribution in [0, 0.1) is 0 Å². The Balaban J connectivity index is 2.11.